The van der Waals surface area contributed by atoms with Gasteiger partial charge in [-0.05, 0) is 36.8 Å². The molecule has 8 heteroatoms. The molecule has 0 radical (unpaired) electrons. The Labute approximate surface area is 169 Å². The van der Waals surface area contributed by atoms with Crippen LogP contribution in [0.15, 0.2) is 28.2 Å². The fourth-order valence-corrected chi connectivity index (χ4v) is 4.43. The molecule has 1 aliphatic heterocycles. The number of carbonyl (C=O) groups excluding carboxylic acids is 2. The summed E-state index contributed by atoms with van der Waals surface area (Å²) in [5.74, 6) is 1.35. The number of thiazole rings is 1. The number of piperidine rings is 1. The monoisotopic (exact) mass is 404 g/mol. The van der Waals surface area contributed by atoms with Gasteiger partial charge >= 0.3 is 0 Å². The van der Waals surface area contributed by atoms with Crippen LogP contribution in [0.25, 0.3) is 0 Å². The van der Waals surface area contributed by atoms with E-state index < -0.39 is 0 Å². The molecule has 28 heavy (non-hydrogen) atoms. The molecule has 1 fully saturated rings. The van der Waals surface area contributed by atoms with E-state index in [0.717, 1.165) is 37.2 Å². The first-order chi connectivity index (χ1) is 13.5. The largest absolute Gasteiger partial charge is 0.459 e. The summed E-state index contributed by atoms with van der Waals surface area (Å²) >= 11 is 1.46. The predicted octanol–water partition coefficient (Wildman–Crippen LogP) is 3.36. The van der Waals surface area contributed by atoms with Crippen molar-refractivity contribution in [2.24, 2.45) is 11.8 Å². The number of nitrogens with zero attached hydrogens (tertiary/aromatic N) is 2. The Morgan fingerprint density at radius 1 is 1.32 bits per heavy atom. The molecular formula is C20H28N4O3S. The molecular weight excluding hydrogens is 376 g/mol. The van der Waals surface area contributed by atoms with Crippen molar-refractivity contribution in [2.45, 2.75) is 39.7 Å². The maximum Gasteiger partial charge on any atom is 0.286 e. The Bertz CT molecular complexity index is 764. The van der Waals surface area contributed by atoms with Crippen LogP contribution >= 0.6 is 11.3 Å². The summed E-state index contributed by atoms with van der Waals surface area (Å²) in [5, 5.41) is 8.24. The van der Waals surface area contributed by atoms with Gasteiger partial charge in [0, 0.05) is 38.0 Å². The zero-order valence-electron chi connectivity index (χ0n) is 16.4. The maximum absolute atomic E-state index is 12.1. The van der Waals surface area contributed by atoms with Gasteiger partial charge in [-0.15, -0.1) is 11.3 Å². The first-order valence-electron chi connectivity index (χ1n) is 9.78. The van der Waals surface area contributed by atoms with Gasteiger partial charge in [0.25, 0.3) is 5.91 Å². The molecule has 0 unspecified atom stereocenters. The molecule has 3 rings (SSSR count). The Kier molecular flexibility index (Phi) is 7.22. The fraction of sp³-hybridized carbons (Fsp3) is 0.550. The zero-order valence-corrected chi connectivity index (χ0v) is 17.3. The minimum absolute atomic E-state index is 0.0895. The number of rotatable bonds is 8. The number of anilines is 1. The summed E-state index contributed by atoms with van der Waals surface area (Å²) in [5.41, 5.74) is 1.01. The van der Waals surface area contributed by atoms with Crippen molar-refractivity contribution in [1.82, 2.24) is 15.2 Å². The summed E-state index contributed by atoms with van der Waals surface area (Å²) in [4.78, 5) is 30.8. The van der Waals surface area contributed by atoms with E-state index in [-0.39, 0.29) is 17.6 Å². The lowest BCUT2D eigenvalue weighted by molar-refractivity contribution is -0.116. The van der Waals surface area contributed by atoms with E-state index in [1.54, 1.807) is 12.1 Å². The predicted molar refractivity (Wildman–Crippen MR) is 109 cm³/mol. The second-order valence-corrected chi connectivity index (χ2v) is 8.53. The van der Waals surface area contributed by atoms with E-state index in [1.807, 2.05) is 5.38 Å². The summed E-state index contributed by atoms with van der Waals surface area (Å²) in [6, 6.07) is 3.27. The average molecular weight is 405 g/mol. The molecule has 0 aliphatic carbocycles. The van der Waals surface area contributed by atoms with E-state index >= 15 is 0 Å². The highest BCUT2D eigenvalue weighted by Gasteiger charge is 2.22. The van der Waals surface area contributed by atoms with Crippen LogP contribution in [0.3, 0.4) is 0 Å². The molecule has 2 atom stereocenters. The van der Waals surface area contributed by atoms with Crippen LogP contribution in [-0.4, -0.2) is 41.3 Å². The van der Waals surface area contributed by atoms with Gasteiger partial charge in [0.2, 0.25) is 5.91 Å². The Morgan fingerprint density at radius 2 is 2.11 bits per heavy atom. The summed E-state index contributed by atoms with van der Waals surface area (Å²) in [6.07, 6.45) is 3.63. The number of hydrogen-bond donors (Lipinski definition) is 2. The highest BCUT2D eigenvalue weighted by atomic mass is 32.1. The van der Waals surface area contributed by atoms with Gasteiger partial charge in [0.05, 0.1) is 12.0 Å². The summed E-state index contributed by atoms with van der Waals surface area (Å²) in [6.45, 7) is 8.06. The van der Waals surface area contributed by atoms with Crippen LogP contribution in [0.5, 0.6) is 0 Å². The van der Waals surface area contributed by atoms with Crippen LogP contribution in [-0.2, 0) is 11.3 Å². The van der Waals surface area contributed by atoms with Crippen molar-refractivity contribution >= 4 is 28.3 Å². The molecule has 2 amide bonds. The molecule has 1 aliphatic rings. The number of carbonyl (C=O) groups is 2. The maximum atomic E-state index is 12.1. The SMILES string of the molecule is C[C@@H]1C[C@H](C)CN(Cc2csc(NC(=O)CCCNC(=O)c3ccco3)n2)C1. The van der Waals surface area contributed by atoms with Crippen molar-refractivity contribution in [3.63, 3.8) is 0 Å². The Balaban J connectivity index is 1.36. The standard InChI is InChI=1S/C20H28N4O3S/c1-14-9-15(2)11-24(10-14)12-16-13-28-20(22-16)23-18(25)6-3-7-21-19(26)17-5-4-8-27-17/h4-5,8,13-15H,3,6-7,9-12H2,1-2H3,(H,21,26)(H,22,23,25)/t14-,15+. The van der Waals surface area contributed by atoms with Gasteiger partial charge in [-0.1, -0.05) is 13.8 Å². The minimum Gasteiger partial charge on any atom is -0.459 e. The van der Waals surface area contributed by atoms with Crippen LogP contribution in [0.1, 0.15) is 49.4 Å². The third-order valence-corrected chi connectivity index (χ3v) is 5.55. The topological polar surface area (TPSA) is 87.5 Å². The number of amides is 2. The normalized spacial score (nSPS) is 20.1. The van der Waals surface area contributed by atoms with Gasteiger partial charge in [0.1, 0.15) is 0 Å². The number of furan rings is 1. The highest BCUT2D eigenvalue weighted by Crippen LogP contribution is 2.24. The third-order valence-electron chi connectivity index (χ3n) is 4.74. The second-order valence-electron chi connectivity index (χ2n) is 7.67. The smallest absolute Gasteiger partial charge is 0.286 e. The van der Waals surface area contributed by atoms with Gasteiger partial charge in [-0.2, -0.15) is 0 Å². The summed E-state index contributed by atoms with van der Waals surface area (Å²) in [7, 11) is 0. The fourth-order valence-electron chi connectivity index (χ4n) is 3.71. The Morgan fingerprint density at radius 3 is 2.82 bits per heavy atom. The molecule has 1 saturated heterocycles. The van der Waals surface area contributed by atoms with E-state index in [1.165, 1.54) is 24.0 Å². The summed E-state index contributed by atoms with van der Waals surface area (Å²) < 4.78 is 5.02. The van der Waals surface area contributed by atoms with Crippen molar-refractivity contribution in [1.29, 1.82) is 0 Å². The van der Waals surface area contributed by atoms with Gasteiger partial charge < -0.3 is 15.1 Å². The lowest BCUT2D eigenvalue weighted by atomic mass is 9.92. The molecule has 3 heterocycles. The number of likely N-dealkylation sites (tertiary alicyclic amines) is 1. The van der Waals surface area contributed by atoms with Crippen molar-refractivity contribution in [3.05, 3.63) is 35.2 Å². The second kappa shape index (κ2) is 9.84. The molecule has 0 bridgehead atoms. The molecule has 0 spiro atoms. The molecule has 7 nitrogen and oxygen atoms in total. The molecule has 0 aromatic carbocycles. The van der Waals surface area contributed by atoms with E-state index in [9.17, 15) is 9.59 Å². The zero-order chi connectivity index (χ0) is 19.9. The quantitative estimate of drug-likeness (QED) is 0.659. The number of aromatic nitrogens is 1. The molecule has 2 aromatic rings. The molecule has 0 saturated carbocycles. The van der Waals surface area contributed by atoms with Crippen LogP contribution in [0, 0.1) is 11.8 Å². The van der Waals surface area contributed by atoms with E-state index in [4.69, 9.17) is 4.42 Å². The molecule has 152 valence electrons. The molecule has 2 aromatic heterocycles. The lowest BCUT2D eigenvalue weighted by Gasteiger charge is -2.34. The van der Waals surface area contributed by atoms with Crippen LogP contribution < -0.4 is 10.6 Å². The molecule has 2 N–H and O–H groups in total. The van der Waals surface area contributed by atoms with Gasteiger partial charge in [0.15, 0.2) is 10.9 Å². The van der Waals surface area contributed by atoms with Gasteiger partial charge in [-0.3, -0.25) is 14.5 Å². The third kappa shape index (κ3) is 6.17. The number of nitrogens with one attached hydrogen (secondary N) is 2. The first kappa shape index (κ1) is 20.5. The van der Waals surface area contributed by atoms with Crippen molar-refractivity contribution in [2.75, 3.05) is 25.0 Å². The van der Waals surface area contributed by atoms with Crippen molar-refractivity contribution in [3.8, 4) is 0 Å². The van der Waals surface area contributed by atoms with Crippen LogP contribution in [0.4, 0.5) is 5.13 Å². The van der Waals surface area contributed by atoms with Crippen molar-refractivity contribution < 1.29 is 14.0 Å². The van der Waals surface area contributed by atoms with E-state index in [2.05, 4.69) is 34.4 Å². The highest BCUT2D eigenvalue weighted by molar-refractivity contribution is 7.13. The van der Waals surface area contributed by atoms with Gasteiger partial charge in [-0.25, -0.2) is 4.98 Å². The van der Waals surface area contributed by atoms with Crippen LogP contribution in [0.2, 0.25) is 0 Å². The van der Waals surface area contributed by atoms with E-state index in [0.29, 0.717) is 24.5 Å². The first-order valence-corrected chi connectivity index (χ1v) is 10.7. The minimum atomic E-state index is -0.267. The lowest BCUT2D eigenvalue weighted by Crippen LogP contribution is -2.38. The Hall–Kier alpha value is -2.19. The number of hydrogen-bond acceptors (Lipinski definition) is 6. The average Bonchev–Trinajstić information content (AvgIpc) is 3.30.